The van der Waals surface area contributed by atoms with Gasteiger partial charge in [-0.2, -0.15) is 0 Å². The zero-order valence-electron chi connectivity index (χ0n) is 16.2. The van der Waals surface area contributed by atoms with Crippen molar-refractivity contribution in [1.29, 1.82) is 0 Å². The SMILES string of the molecule is Cl/C=C/c1ccc(C[P+](c2ccccc2)(c2ccccc2)c2ccccc2)cc1. The van der Waals surface area contributed by atoms with E-state index in [-0.39, 0.29) is 0 Å². The van der Waals surface area contributed by atoms with E-state index in [1.54, 1.807) is 5.54 Å². The van der Waals surface area contributed by atoms with E-state index in [4.69, 9.17) is 11.6 Å². The molecule has 0 aliphatic carbocycles. The Morgan fingerprint density at radius 1 is 0.552 bits per heavy atom. The van der Waals surface area contributed by atoms with Crippen LogP contribution in [0.15, 0.2) is 121 Å². The molecule has 142 valence electrons. The highest BCUT2D eigenvalue weighted by Crippen LogP contribution is 2.58. The number of benzene rings is 4. The van der Waals surface area contributed by atoms with Crippen LogP contribution in [0.4, 0.5) is 0 Å². The van der Waals surface area contributed by atoms with Crippen LogP contribution in [0.3, 0.4) is 0 Å². The summed E-state index contributed by atoms with van der Waals surface area (Å²) in [6, 6.07) is 41.7. The Balaban J connectivity index is 1.92. The van der Waals surface area contributed by atoms with E-state index in [1.807, 2.05) is 6.08 Å². The Labute approximate surface area is 178 Å². The van der Waals surface area contributed by atoms with Gasteiger partial charge >= 0.3 is 0 Å². The summed E-state index contributed by atoms with van der Waals surface area (Å²) in [5.74, 6) is 0. The monoisotopic (exact) mass is 413 g/mol. The molecule has 0 fully saturated rings. The van der Waals surface area contributed by atoms with E-state index in [2.05, 4.69) is 115 Å². The summed E-state index contributed by atoms with van der Waals surface area (Å²) in [6.07, 6.45) is 2.90. The highest BCUT2D eigenvalue weighted by atomic mass is 35.5. The molecule has 0 aliphatic heterocycles. The first kappa shape index (κ1) is 19.6. The molecule has 0 unspecified atom stereocenters. The molecule has 2 heteroatoms. The second-order valence-corrected chi connectivity index (χ2v) is 10.7. The fraction of sp³-hybridized carbons (Fsp3) is 0.0370. The fourth-order valence-corrected chi connectivity index (χ4v) is 8.24. The van der Waals surface area contributed by atoms with E-state index in [1.165, 1.54) is 21.5 Å². The minimum Gasteiger partial charge on any atom is -0.0929 e. The van der Waals surface area contributed by atoms with Crippen molar-refractivity contribution in [2.45, 2.75) is 6.16 Å². The van der Waals surface area contributed by atoms with Crippen molar-refractivity contribution in [3.8, 4) is 0 Å². The molecule has 0 amide bonds. The summed E-state index contributed by atoms with van der Waals surface area (Å²) < 4.78 is 0. The fourth-order valence-electron chi connectivity index (χ4n) is 3.85. The summed E-state index contributed by atoms with van der Waals surface area (Å²) in [4.78, 5) is 0. The van der Waals surface area contributed by atoms with Crippen LogP contribution >= 0.6 is 18.9 Å². The van der Waals surface area contributed by atoms with Crippen molar-refractivity contribution in [3.05, 3.63) is 132 Å². The van der Waals surface area contributed by atoms with Gasteiger partial charge in [0.15, 0.2) is 0 Å². The average molecular weight is 414 g/mol. The van der Waals surface area contributed by atoms with Gasteiger partial charge in [0.25, 0.3) is 0 Å². The van der Waals surface area contributed by atoms with Crippen LogP contribution in [0.1, 0.15) is 11.1 Å². The Hall–Kier alpha value is -2.66. The predicted molar refractivity (Wildman–Crippen MR) is 130 cm³/mol. The van der Waals surface area contributed by atoms with Gasteiger partial charge in [-0.05, 0) is 53.6 Å². The molecule has 0 saturated heterocycles. The predicted octanol–water partition coefficient (Wildman–Crippen LogP) is 6.39. The maximum atomic E-state index is 5.75. The molecule has 0 aromatic heterocycles. The van der Waals surface area contributed by atoms with Crippen molar-refractivity contribution in [3.63, 3.8) is 0 Å². The first-order valence-corrected chi connectivity index (χ1v) is 12.1. The molecule has 0 saturated carbocycles. The molecule has 4 rings (SSSR count). The highest BCUT2D eigenvalue weighted by Gasteiger charge is 2.45. The summed E-state index contributed by atoms with van der Waals surface area (Å²) in [5.41, 5.74) is 4.01. The Morgan fingerprint density at radius 3 is 1.34 bits per heavy atom. The second-order valence-electron chi connectivity index (χ2n) is 7.01. The minimum atomic E-state index is -1.85. The molecule has 29 heavy (non-hydrogen) atoms. The summed E-state index contributed by atoms with van der Waals surface area (Å²) in [5, 5.41) is 4.21. The molecule has 0 heterocycles. The quantitative estimate of drug-likeness (QED) is 0.321. The molecule has 0 N–H and O–H groups in total. The minimum absolute atomic E-state index is 0.982. The third kappa shape index (κ3) is 4.20. The van der Waals surface area contributed by atoms with Crippen molar-refractivity contribution < 1.29 is 0 Å². The summed E-state index contributed by atoms with van der Waals surface area (Å²) >= 11 is 5.75. The van der Waals surface area contributed by atoms with Gasteiger partial charge in [-0.1, -0.05) is 90.5 Å². The average Bonchev–Trinajstić information content (AvgIpc) is 2.80. The van der Waals surface area contributed by atoms with E-state index >= 15 is 0 Å². The van der Waals surface area contributed by atoms with Crippen LogP contribution in [0, 0.1) is 0 Å². The van der Waals surface area contributed by atoms with E-state index in [0.717, 1.165) is 11.7 Å². The molecule has 0 spiro atoms. The molecule has 0 bridgehead atoms. The van der Waals surface area contributed by atoms with Crippen molar-refractivity contribution >= 4 is 40.9 Å². The standard InChI is InChI=1S/C27H23ClP/c28-21-20-23-16-18-24(19-17-23)22-29(25-10-4-1-5-11-25,26-12-6-2-7-13-26)27-14-8-3-9-15-27/h1-21H,22H2/q+1/b21-20+. The highest BCUT2D eigenvalue weighted by molar-refractivity contribution is 7.95. The number of halogens is 1. The molecular formula is C27H23ClP+. The van der Waals surface area contributed by atoms with E-state index in [9.17, 15) is 0 Å². The van der Waals surface area contributed by atoms with Gasteiger partial charge in [-0.3, -0.25) is 0 Å². The number of hydrogen-bond acceptors (Lipinski definition) is 0. The molecule has 0 aliphatic rings. The lowest BCUT2D eigenvalue weighted by Crippen LogP contribution is -2.32. The molecular weight excluding hydrogens is 391 g/mol. The van der Waals surface area contributed by atoms with E-state index < -0.39 is 7.26 Å². The van der Waals surface area contributed by atoms with Crippen LogP contribution in [0.5, 0.6) is 0 Å². The zero-order valence-corrected chi connectivity index (χ0v) is 17.8. The maximum absolute atomic E-state index is 5.75. The Bertz CT molecular complexity index is 959. The number of hydrogen-bond donors (Lipinski definition) is 0. The zero-order chi connectivity index (χ0) is 19.9. The first-order valence-electron chi connectivity index (χ1n) is 9.73. The van der Waals surface area contributed by atoms with Crippen LogP contribution in [-0.4, -0.2) is 0 Å². The Kier molecular flexibility index (Phi) is 6.25. The smallest absolute Gasteiger partial charge is 0.0929 e. The van der Waals surface area contributed by atoms with Gasteiger partial charge in [0.05, 0.1) is 6.16 Å². The van der Waals surface area contributed by atoms with Gasteiger partial charge in [-0.15, -0.1) is 0 Å². The summed E-state index contributed by atoms with van der Waals surface area (Å²) in [7, 11) is -1.85. The van der Waals surface area contributed by atoms with Gasteiger partial charge < -0.3 is 0 Å². The van der Waals surface area contributed by atoms with Gasteiger partial charge in [0, 0.05) is 5.54 Å². The van der Waals surface area contributed by atoms with Crippen molar-refractivity contribution in [2.75, 3.05) is 0 Å². The molecule has 4 aromatic carbocycles. The lowest BCUT2D eigenvalue weighted by molar-refractivity contribution is 1.38. The van der Waals surface area contributed by atoms with Gasteiger partial charge in [0.1, 0.15) is 23.2 Å². The van der Waals surface area contributed by atoms with Gasteiger partial charge in [0.2, 0.25) is 0 Å². The van der Waals surface area contributed by atoms with E-state index in [0.29, 0.717) is 0 Å². The van der Waals surface area contributed by atoms with Crippen molar-refractivity contribution in [1.82, 2.24) is 0 Å². The van der Waals surface area contributed by atoms with Gasteiger partial charge in [-0.25, -0.2) is 0 Å². The Morgan fingerprint density at radius 2 is 0.966 bits per heavy atom. The lowest BCUT2D eigenvalue weighted by Gasteiger charge is -2.27. The molecule has 0 atom stereocenters. The van der Waals surface area contributed by atoms with Crippen LogP contribution in [-0.2, 0) is 6.16 Å². The van der Waals surface area contributed by atoms with Crippen LogP contribution < -0.4 is 15.9 Å². The van der Waals surface area contributed by atoms with Crippen molar-refractivity contribution in [2.24, 2.45) is 0 Å². The molecule has 4 aromatic rings. The molecule has 0 nitrogen and oxygen atoms in total. The molecule has 0 radical (unpaired) electrons. The topological polar surface area (TPSA) is 0 Å². The maximum Gasteiger partial charge on any atom is 0.116 e. The second kappa shape index (κ2) is 9.23. The lowest BCUT2D eigenvalue weighted by atomic mass is 10.1. The first-order chi connectivity index (χ1) is 14.3. The number of rotatable bonds is 6. The third-order valence-electron chi connectivity index (χ3n) is 5.25. The largest absolute Gasteiger partial charge is 0.116 e. The van der Waals surface area contributed by atoms with Crippen LogP contribution in [0.25, 0.3) is 6.08 Å². The third-order valence-corrected chi connectivity index (χ3v) is 9.75. The normalized spacial score (nSPS) is 11.6. The summed E-state index contributed by atoms with van der Waals surface area (Å²) in [6.45, 7) is 0. The van der Waals surface area contributed by atoms with Crippen LogP contribution in [0.2, 0.25) is 0 Å².